The van der Waals surface area contributed by atoms with E-state index in [2.05, 4.69) is 15.5 Å². The molecular weight excluding hydrogens is 308 g/mol. The zero-order valence-electron chi connectivity index (χ0n) is 12.7. The van der Waals surface area contributed by atoms with Crippen molar-refractivity contribution in [3.63, 3.8) is 0 Å². The van der Waals surface area contributed by atoms with Crippen LogP contribution in [0.15, 0.2) is 48.7 Å². The highest BCUT2D eigenvalue weighted by atomic mass is 16.5. The third-order valence-electron chi connectivity index (χ3n) is 3.83. The van der Waals surface area contributed by atoms with E-state index in [0.717, 1.165) is 10.9 Å². The van der Waals surface area contributed by atoms with Gasteiger partial charge < -0.3 is 10.1 Å². The molecular formula is C17H14N4O3. The number of nitrogens with zero attached hydrogens (tertiary/aromatic N) is 2. The predicted octanol–water partition coefficient (Wildman–Crippen LogP) is 1.93. The van der Waals surface area contributed by atoms with Gasteiger partial charge >= 0.3 is 0 Å². The van der Waals surface area contributed by atoms with Gasteiger partial charge in [0.15, 0.2) is 6.61 Å². The number of hydrogen-bond donors (Lipinski definition) is 2. The number of fused-ring (bicyclic) bond motifs is 2. The van der Waals surface area contributed by atoms with Gasteiger partial charge in [-0.2, -0.15) is 5.10 Å². The topological polar surface area (TPSA) is 87.3 Å². The molecule has 0 atom stereocenters. The molecule has 0 spiro atoms. The van der Waals surface area contributed by atoms with Crippen LogP contribution in [-0.4, -0.2) is 35.2 Å². The normalized spacial score (nSPS) is 13.5. The quantitative estimate of drug-likeness (QED) is 0.771. The third-order valence-corrected chi connectivity index (χ3v) is 3.83. The van der Waals surface area contributed by atoms with E-state index in [-0.39, 0.29) is 25.0 Å². The number of aromatic amines is 1. The molecule has 1 aromatic heterocycles. The lowest BCUT2D eigenvalue weighted by atomic mass is 10.2. The van der Waals surface area contributed by atoms with Crippen LogP contribution in [0.25, 0.3) is 10.9 Å². The number of benzene rings is 2. The lowest BCUT2D eigenvalue weighted by Gasteiger charge is -2.28. The average Bonchev–Trinajstić information content (AvgIpc) is 3.05. The number of amides is 2. The molecule has 0 unspecified atom stereocenters. The summed E-state index contributed by atoms with van der Waals surface area (Å²) in [5.41, 5.74) is 2.15. The van der Waals surface area contributed by atoms with Crippen molar-refractivity contribution in [1.82, 2.24) is 10.2 Å². The number of para-hydroxylation sites is 2. The summed E-state index contributed by atoms with van der Waals surface area (Å²) in [6.07, 6.45) is 1.69. The lowest BCUT2D eigenvalue weighted by Crippen LogP contribution is -2.43. The van der Waals surface area contributed by atoms with Crippen LogP contribution in [-0.2, 0) is 9.59 Å². The molecule has 0 bridgehead atoms. The highest BCUT2D eigenvalue weighted by Crippen LogP contribution is 2.31. The summed E-state index contributed by atoms with van der Waals surface area (Å²) in [6, 6.07) is 12.6. The highest BCUT2D eigenvalue weighted by molar-refractivity contribution is 6.05. The molecule has 0 saturated carbocycles. The summed E-state index contributed by atoms with van der Waals surface area (Å²) < 4.78 is 5.37. The minimum atomic E-state index is -0.275. The summed E-state index contributed by atoms with van der Waals surface area (Å²) >= 11 is 0. The van der Waals surface area contributed by atoms with E-state index in [9.17, 15) is 9.59 Å². The Morgan fingerprint density at radius 3 is 3.08 bits per heavy atom. The van der Waals surface area contributed by atoms with Crippen LogP contribution in [0.1, 0.15) is 0 Å². The van der Waals surface area contributed by atoms with Crippen molar-refractivity contribution < 1.29 is 14.3 Å². The van der Waals surface area contributed by atoms with Crippen molar-refractivity contribution in [2.75, 3.05) is 23.4 Å². The Kier molecular flexibility index (Phi) is 3.38. The molecule has 0 fully saturated rings. The number of rotatable bonds is 3. The van der Waals surface area contributed by atoms with E-state index >= 15 is 0 Å². The van der Waals surface area contributed by atoms with Gasteiger partial charge in [-0.05, 0) is 30.3 Å². The van der Waals surface area contributed by atoms with E-state index in [4.69, 9.17) is 4.74 Å². The Bertz CT molecular complexity index is 934. The van der Waals surface area contributed by atoms with E-state index in [1.807, 2.05) is 18.2 Å². The second kappa shape index (κ2) is 5.69. The minimum absolute atomic E-state index is 0.0642. The monoisotopic (exact) mass is 322 g/mol. The number of H-pyrrole nitrogens is 1. The largest absolute Gasteiger partial charge is 0.482 e. The predicted molar refractivity (Wildman–Crippen MR) is 89.0 cm³/mol. The molecule has 2 amide bonds. The molecule has 0 aliphatic carbocycles. The van der Waals surface area contributed by atoms with Crippen LogP contribution >= 0.6 is 0 Å². The van der Waals surface area contributed by atoms with E-state index < -0.39 is 0 Å². The van der Waals surface area contributed by atoms with E-state index in [0.29, 0.717) is 17.1 Å². The zero-order valence-corrected chi connectivity index (χ0v) is 12.7. The van der Waals surface area contributed by atoms with Gasteiger partial charge in [0.1, 0.15) is 12.3 Å². The fourth-order valence-electron chi connectivity index (χ4n) is 2.69. The van der Waals surface area contributed by atoms with Gasteiger partial charge in [0.2, 0.25) is 5.91 Å². The van der Waals surface area contributed by atoms with Crippen molar-refractivity contribution in [2.24, 2.45) is 0 Å². The number of carbonyl (C=O) groups excluding carboxylic acids is 2. The summed E-state index contributed by atoms with van der Waals surface area (Å²) in [6.45, 7) is -0.131. The SMILES string of the molecule is O=C(CN1C(=O)COc2ccccc21)Nc1ccc2[nH]ncc2c1. The summed E-state index contributed by atoms with van der Waals surface area (Å²) in [5, 5.41) is 10.5. The molecule has 1 aliphatic rings. The van der Waals surface area contributed by atoms with Crippen LogP contribution in [0.2, 0.25) is 0 Å². The fourth-order valence-corrected chi connectivity index (χ4v) is 2.69. The Balaban J connectivity index is 1.52. The lowest BCUT2D eigenvalue weighted by molar-refractivity contribution is -0.123. The van der Waals surface area contributed by atoms with Crippen molar-refractivity contribution in [3.8, 4) is 5.75 Å². The van der Waals surface area contributed by atoms with Gasteiger partial charge in [0.05, 0.1) is 17.4 Å². The summed E-state index contributed by atoms with van der Waals surface area (Å²) in [4.78, 5) is 25.9. The fraction of sp³-hybridized carbons (Fsp3) is 0.118. The number of aromatic nitrogens is 2. The molecule has 24 heavy (non-hydrogen) atoms. The molecule has 2 heterocycles. The minimum Gasteiger partial charge on any atom is -0.482 e. The molecule has 2 N–H and O–H groups in total. The molecule has 120 valence electrons. The van der Waals surface area contributed by atoms with Crippen molar-refractivity contribution in [3.05, 3.63) is 48.7 Å². The Hall–Kier alpha value is -3.35. The summed E-state index contributed by atoms with van der Waals surface area (Å²) in [5.74, 6) is 0.0850. The van der Waals surface area contributed by atoms with Crippen molar-refractivity contribution >= 4 is 34.1 Å². The number of nitrogens with one attached hydrogen (secondary N) is 2. The van der Waals surface area contributed by atoms with Gasteiger partial charge in [-0.3, -0.25) is 19.6 Å². The maximum absolute atomic E-state index is 12.3. The molecule has 3 aromatic rings. The first-order valence-electron chi connectivity index (χ1n) is 7.46. The summed E-state index contributed by atoms with van der Waals surface area (Å²) in [7, 11) is 0. The maximum Gasteiger partial charge on any atom is 0.265 e. The molecule has 7 heteroatoms. The van der Waals surface area contributed by atoms with Crippen molar-refractivity contribution in [2.45, 2.75) is 0 Å². The third kappa shape index (κ3) is 2.56. The number of ether oxygens (including phenoxy) is 1. The van der Waals surface area contributed by atoms with E-state index in [1.54, 1.807) is 30.5 Å². The molecule has 7 nitrogen and oxygen atoms in total. The molecule has 2 aromatic carbocycles. The van der Waals surface area contributed by atoms with E-state index in [1.165, 1.54) is 4.90 Å². The first kappa shape index (κ1) is 14.3. The highest BCUT2D eigenvalue weighted by Gasteiger charge is 2.26. The van der Waals surface area contributed by atoms with Gasteiger partial charge in [-0.25, -0.2) is 0 Å². The molecule has 0 saturated heterocycles. The average molecular weight is 322 g/mol. The Labute approximate surface area is 137 Å². The van der Waals surface area contributed by atoms with Crippen molar-refractivity contribution in [1.29, 1.82) is 0 Å². The molecule has 0 radical (unpaired) electrons. The maximum atomic E-state index is 12.3. The second-order valence-electron chi connectivity index (χ2n) is 5.46. The second-order valence-corrected chi connectivity index (χ2v) is 5.46. The smallest absolute Gasteiger partial charge is 0.265 e. The van der Waals surface area contributed by atoms with Crippen LogP contribution in [0.3, 0.4) is 0 Å². The van der Waals surface area contributed by atoms with Gasteiger partial charge in [-0.1, -0.05) is 12.1 Å². The number of anilines is 2. The molecule has 4 rings (SSSR count). The standard InChI is InChI=1S/C17H14N4O3/c22-16(19-12-5-6-13-11(7-12)8-18-20-13)9-21-14-3-1-2-4-15(14)24-10-17(21)23/h1-8H,9-10H2,(H,18,20)(H,19,22). The van der Waals surface area contributed by atoms with Crippen LogP contribution < -0.4 is 15.0 Å². The first-order valence-corrected chi connectivity index (χ1v) is 7.46. The van der Waals surface area contributed by atoms with Crippen LogP contribution in [0, 0.1) is 0 Å². The Morgan fingerprint density at radius 1 is 1.29 bits per heavy atom. The van der Waals surface area contributed by atoms with Crippen LogP contribution in [0.4, 0.5) is 11.4 Å². The zero-order chi connectivity index (χ0) is 16.5. The Morgan fingerprint density at radius 2 is 2.17 bits per heavy atom. The first-order chi connectivity index (χ1) is 11.7. The van der Waals surface area contributed by atoms with Gasteiger partial charge in [0.25, 0.3) is 5.91 Å². The number of carbonyl (C=O) groups is 2. The van der Waals surface area contributed by atoms with Crippen LogP contribution in [0.5, 0.6) is 5.75 Å². The number of hydrogen-bond acceptors (Lipinski definition) is 4. The molecule has 1 aliphatic heterocycles. The van der Waals surface area contributed by atoms with Gasteiger partial charge in [0, 0.05) is 11.1 Å². The van der Waals surface area contributed by atoms with Gasteiger partial charge in [-0.15, -0.1) is 0 Å².